The summed E-state index contributed by atoms with van der Waals surface area (Å²) in [5.41, 5.74) is 1.78. The second-order valence-corrected chi connectivity index (χ2v) is 7.76. The van der Waals surface area contributed by atoms with Gasteiger partial charge in [-0.25, -0.2) is 13.1 Å². The SMILES string of the molecule is Cc1cc(NS(=O)(=O)c2c([N+](=O)[O-])ccc(C)c2C)n(-c2ccccc2)n1. The monoisotopic (exact) mass is 386 g/mol. The number of nitrogens with zero attached hydrogens (tertiary/aromatic N) is 3. The standard InChI is InChI=1S/C18H18N4O4S/c1-12-9-10-16(22(23)24)18(14(12)3)27(25,26)20-17-11-13(2)19-21(17)15-7-5-4-6-8-15/h4-11,20H,1-3H3. The first-order valence-corrected chi connectivity index (χ1v) is 9.58. The Kier molecular flexibility index (Phi) is 4.71. The molecule has 3 aromatic rings. The number of aromatic nitrogens is 2. The molecule has 0 amide bonds. The van der Waals surface area contributed by atoms with Gasteiger partial charge in [-0.15, -0.1) is 0 Å². The van der Waals surface area contributed by atoms with E-state index >= 15 is 0 Å². The van der Waals surface area contributed by atoms with Crippen LogP contribution >= 0.6 is 0 Å². The van der Waals surface area contributed by atoms with Gasteiger partial charge in [-0.2, -0.15) is 5.10 Å². The number of anilines is 1. The lowest BCUT2D eigenvalue weighted by Crippen LogP contribution is -2.18. The van der Waals surface area contributed by atoms with Crippen LogP contribution in [0.25, 0.3) is 5.69 Å². The Morgan fingerprint density at radius 1 is 1.07 bits per heavy atom. The summed E-state index contributed by atoms with van der Waals surface area (Å²) in [6.07, 6.45) is 0. The van der Waals surface area contributed by atoms with E-state index in [-0.39, 0.29) is 10.7 Å². The fraction of sp³-hybridized carbons (Fsp3) is 0.167. The van der Waals surface area contributed by atoms with Crippen molar-refractivity contribution < 1.29 is 13.3 Å². The number of para-hydroxylation sites is 1. The molecule has 8 nitrogen and oxygen atoms in total. The van der Waals surface area contributed by atoms with Gasteiger partial charge in [0.25, 0.3) is 15.7 Å². The summed E-state index contributed by atoms with van der Waals surface area (Å²) >= 11 is 0. The van der Waals surface area contributed by atoms with Gasteiger partial charge in [0.15, 0.2) is 4.90 Å². The predicted molar refractivity (Wildman–Crippen MR) is 102 cm³/mol. The van der Waals surface area contributed by atoms with Crippen LogP contribution in [-0.2, 0) is 10.0 Å². The topological polar surface area (TPSA) is 107 Å². The maximum absolute atomic E-state index is 13.0. The van der Waals surface area contributed by atoms with E-state index in [0.29, 0.717) is 22.5 Å². The van der Waals surface area contributed by atoms with Crippen LogP contribution in [0.5, 0.6) is 0 Å². The number of aryl methyl sites for hydroxylation is 2. The molecule has 0 bridgehead atoms. The van der Waals surface area contributed by atoms with Crippen molar-refractivity contribution in [2.24, 2.45) is 0 Å². The largest absolute Gasteiger partial charge is 0.290 e. The molecule has 0 aliphatic rings. The van der Waals surface area contributed by atoms with Gasteiger partial charge in [-0.3, -0.25) is 14.8 Å². The molecular formula is C18H18N4O4S. The fourth-order valence-electron chi connectivity index (χ4n) is 2.79. The summed E-state index contributed by atoms with van der Waals surface area (Å²) in [5.74, 6) is 0.203. The molecule has 0 aliphatic carbocycles. The van der Waals surface area contributed by atoms with E-state index in [0.717, 1.165) is 0 Å². The summed E-state index contributed by atoms with van der Waals surface area (Å²) in [4.78, 5) is 10.3. The minimum atomic E-state index is -4.21. The third-order valence-electron chi connectivity index (χ3n) is 4.19. The van der Waals surface area contributed by atoms with Crippen molar-refractivity contribution in [3.63, 3.8) is 0 Å². The van der Waals surface area contributed by atoms with Gasteiger partial charge in [-0.05, 0) is 44.0 Å². The molecular weight excluding hydrogens is 368 g/mol. The van der Waals surface area contributed by atoms with Crippen LogP contribution < -0.4 is 4.72 Å². The van der Waals surface area contributed by atoms with Crippen molar-refractivity contribution in [2.75, 3.05) is 4.72 Å². The Labute approximate surface area is 156 Å². The maximum atomic E-state index is 13.0. The predicted octanol–water partition coefficient (Wildman–Crippen LogP) is 3.51. The van der Waals surface area contributed by atoms with E-state index in [9.17, 15) is 18.5 Å². The molecule has 0 unspecified atom stereocenters. The molecule has 140 valence electrons. The minimum absolute atomic E-state index is 0.203. The van der Waals surface area contributed by atoms with Gasteiger partial charge in [0.05, 0.1) is 16.3 Å². The van der Waals surface area contributed by atoms with Crippen LogP contribution in [0.2, 0.25) is 0 Å². The molecule has 0 fully saturated rings. The second-order valence-electron chi connectivity index (χ2n) is 6.14. The molecule has 3 rings (SSSR count). The molecule has 2 aromatic carbocycles. The number of nitrogens with one attached hydrogen (secondary N) is 1. The van der Waals surface area contributed by atoms with Gasteiger partial charge < -0.3 is 0 Å². The molecule has 0 radical (unpaired) electrons. The van der Waals surface area contributed by atoms with E-state index in [1.165, 1.54) is 16.8 Å². The third-order valence-corrected chi connectivity index (χ3v) is 5.72. The molecule has 27 heavy (non-hydrogen) atoms. The lowest BCUT2D eigenvalue weighted by atomic mass is 10.1. The zero-order chi connectivity index (χ0) is 19.8. The zero-order valence-electron chi connectivity index (χ0n) is 15.0. The quantitative estimate of drug-likeness (QED) is 0.533. The maximum Gasteiger partial charge on any atom is 0.290 e. The van der Waals surface area contributed by atoms with Crippen LogP contribution in [0.4, 0.5) is 11.5 Å². The molecule has 0 saturated carbocycles. The van der Waals surface area contributed by atoms with Gasteiger partial charge >= 0.3 is 0 Å². The Morgan fingerprint density at radius 3 is 2.37 bits per heavy atom. The van der Waals surface area contributed by atoms with Gasteiger partial charge in [-0.1, -0.05) is 24.3 Å². The summed E-state index contributed by atoms with van der Waals surface area (Å²) in [7, 11) is -4.21. The van der Waals surface area contributed by atoms with Gasteiger partial charge in [0.2, 0.25) is 0 Å². The molecule has 0 aliphatic heterocycles. The molecule has 1 heterocycles. The smallest absolute Gasteiger partial charge is 0.263 e. The lowest BCUT2D eigenvalue weighted by molar-refractivity contribution is -0.387. The van der Waals surface area contributed by atoms with E-state index in [2.05, 4.69) is 9.82 Å². The summed E-state index contributed by atoms with van der Waals surface area (Å²) < 4.78 is 30.0. The number of nitro benzene ring substituents is 1. The first-order chi connectivity index (χ1) is 12.7. The van der Waals surface area contributed by atoms with Crippen LogP contribution in [0.15, 0.2) is 53.4 Å². The molecule has 0 spiro atoms. The van der Waals surface area contributed by atoms with Crippen molar-refractivity contribution in [1.29, 1.82) is 0 Å². The highest BCUT2D eigenvalue weighted by molar-refractivity contribution is 7.93. The average Bonchev–Trinajstić information content (AvgIpc) is 2.97. The Balaban J connectivity index is 2.13. The fourth-order valence-corrected chi connectivity index (χ4v) is 4.29. The van der Waals surface area contributed by atoms with Crippen molar-refractivity contribution in [1.82, 2.24) is 9.78 Å². The highest BCUT2D eigenvalue weighted by Crippen LogP contribution is 2.31. The van der Waals surface area contributed by atoms with Gasteiger partial charge in [0.1, 0.15) is 5.82 Å². The van der Waals surface area contributed by atoms with Crippen LogP contribution in [0.1, 0.15) is 16.8 Å². The van der Waals surface area contributed by atoms with Crippen LogP contribution in [0, 0.1) is 30.9 Å². The van der Waals surface area contributed by atoms with E-state index in [1.807, 2.05) is 6.07 Å². The van der Waals surface area contributed by atoms with E-state index in [1.54, 1.807) is 51.1 Å². The zero-order valence-corrected chi connectivity index (χ0v) is 15.8. The summed E-state index contributed by atoms with van der Waals surface area (Å²) in [5, 5.41) is 15.7. The van der Waals surface area contributed by atoms with Crippen molar-refractivity contribution in [3.05, 3.63) is 75.5 Å². The van der Waals surface area contributed by atoms with Gasteiger partial charge in [0, 0.05) is 12.1 Å². The van der Waals surface area contributed by atoms with Crippen molar-refractivity contribution in [3.8, 4) is 5.69 Å². The first-order valence-electron chi connectivity index (χ1n) is 8.10. The van der Waals surface area contributed by atoms with Crippen molar-refractivity contribution >= 4 is 21.5 Å². The van der Waals surface area contributed by atoms with Crippen LogP contribution in [0.3, 0.4) is 0 Å². The van der Waals surface area contributed by atoms with Crippen molar-refractivity contribution in [2.45, 2.75) is 25.7 Å². The summed E-state index contributed by atoms with van der Waals surface area (Å²) in [6.45, 7) is 4.99. The number of nitro groups is 1. The Hall–Kier alpha value is -3.20. The third kappa shape index (κ3) is 3.54. The first kappa shape index (κ1) is 18.6. The second kappa shape index (κ2) is 6.84. The van der Waals surface area contributed by atoms with E-state index < -0.39 is 20.6 Å². The normalized spacial score (nSPS) is 11.4. The molecule has 1 aromatic heterocycles. The number of benzene rings is 2. The number of rotatable bonds is 5. The number of hydrogen-bond donors (Lipinski definition) is 1. The average molecular weight is 386 g/mol. The Bertz CT molecular complexity index is 1120. The molecule has 0 saturated heterocycles. The van der Waals surface area contributed by atoms with Crippen LogP contribution in [-0.4, -0.2) is 23.1 Å². The minimum Gasteiger partial charge on any atom is -0.263 e. The highest BCUT2D eigenvalue weighted by Gasteiger charge is 2.30. The molecule has 1 N–H and O–H groups in total. The van der Waals surface area contributed by atoms with E-state index in [4.69, 9.17) is 0 Å². The summed E-state index contributed by atoms with van der Waals surface area (Å²) in [6, 6.07) is 13.3. The Morgan fingerprint density at radius 2 is 1.74 bits per heavy atom. The number of sulfonamides is 1. The molecule has 0 atom stereocenters. The number of hydrogen-bond acceptors (Lipinski definition) is 5. The highest BCUT2D eigenvalue weighted by atomic mass is 32.2. The lowest BCUT2D eigenvalue weighted by Gasteiger charge is -2.13. The molecule has 9 heteroatoms.